The van der Waals surface area contributed by atoms with Crippen LogP contribution in [-0.2, 0) is 10.8 Å². The van der Waals surface area contributed by atoms with Crippen LogP contribution in [0, 0.1) is 12.7 Å². The third-order valence-electron chi connectivity index (χ3n) is 4.52. The second kappa shape index (κ2) is 7.35. The van der Waals surface area contributed by atoms with Gasteiger partial charge in [0.05, 0.1) is 31.4 Å². The number of fused-ring (bicyclic) bond motifs is 1. The number of halogens is 3. The Morgan fingerprint density at radius 1 is 1.07 bits per heavy atom. The van der Waals surface area contributed by atoms with Crippen LogP contribution in [0.3, 0.4) is 0 Å². The second-order valence-corrected chi connectivity index (χ2v) is 8.79. The minimum absolute atomic E-state index is 0.376. The Balaban J connectivity index is 1.89. The molecule has 2 aromatic carbocycles. The number of allylic oxidation sites excluding steroid dienone is 2. The van der Waals surface area contributed by atoms with Crippen molar-refractivity contribution in [3.63, 3.8) is 0 Å². The number of anilines is 1. The van der Waals surface area contributed by atoms with Crippen molar-refractivity contribution < 1.29 is 8.60 Å². The summed E-state index contributed by atoms with van der Waals surface area (Å²) in [6.45, 7) is 3.76. The van der Waals surface area contributed by atoms with Gasteiger partial charge in [-0.2, -0.15) is 5.10 Å². The van der Waals surface area contributed by atoms with Crippen LogP contribution in [0.2, 0.25) is 10.0 Å². The zero-order chi connectivity index (χ0) is 20.0. The maximum Gasteiger partial charge on any atom is 0.129 e. The summed E-state index contributed by atoms with van der Waals surface area (Å²) in [4.78, 5) is 1.13. The molecule has 144 valence electrons. The lowest BCUT2D eigenvalue weighted by atomic mass is 10.0. The van der Waals surface area contributed by atoms with Crippen LogP contribution in [0.5, 0.6) is 0 Å². The van der Waals surface area contributed by atoms with Crippen LogP contribution < -0.4 is 5.32 Å². The maximum atomic E-state index is 13.5. The molecule has 0 bridgehead atoms. The lowest BCUT2D eigenvalue weighted by molar-refractivity contribution is 0.586. The van der Waals surface area contributed by atoms with Crippen molar-refractivity contribution in [2.45, 2.75) is 24.8 Å². The summed E-state index contributed by atoms with van der Waals surface area (Å²) in [7, 11) is -1.54. The Hall–Kier alpha value is -2.15. The quantitative estimate of drug-likeness (QED) is 0.574. The van der Waals surface area contributed by atoms with Crippen molar-refractivity contribution in [3.05, 3.63) is 86.3 Å². The van der Waals surface area contributed by atoms with Gasteiger partial charge in [-0.05, 0) is 55.8 Å². The number of aromatic nitrogens is 2. The molecule has 28 heavy (non-hydrogen) atoms. The van der Waals surface area contributed by atoms with Crippen LogP contribution in [0.1, 0.15) is 24.2 Å². The Labute approximate surface area is 174 Å². The topological polar surface area (TPSA) is 46.9 Å². The van der Waals surface area contributed by atoms with Crippen molar-refractivity contribution >= 4 is 39.8 Å². The molecule has 0 radical (unpaired) electrons. The summed E-state index contributed by atoms with van der Waals surface area (Å²) in [6, 6.07) is 12.5. The number of aryl methyl sites for hydroxylation is 1. The molecule has 3 aromatic rings. The number of hydrogen-bond donors (Lipinski definition) is 1. The third-order valence-corrected chi connectivity index (χ3v) is 6.89. The zero-order valence-corrected chi connectivity index (χ0v) is 17.4. The van der Waals surface area contributed by atoms with Crippen molar-refractivity contribution in [1.82, 2.24) is 9.78 Å². The van der Waals surface area contributed by atoms with Gasteiger partial charge in [0, 0.05) is 16.7 Å². The van der Waals surface area contributed by atoms with E-state index >= 15 is 0 Å². The first-order valence-corrected chi connectivity index (χ1v) is 10.4. The molecular formula is C20H16Cl2FN3OS. The highest BCUT2D eigenvalue weighted by molar-refractivity contribution is 7.89. The van der Waals surface area contributed by atoms with Crippen LogP contribution in [0.15, 0.2) is 64.0 Å². The molecule has 8 heteroatoms. The first kappa shape index (κ1) is 19.2. The molecule has 1 aliphatic rings. The van der Waals surface area contributed by atoms with E-state index in [-0.39, 0.29) is 5.82 Å². The van der Waals surface area contributed by atoms with Crippen LogP contribution >= 0.6 is 23.2 Å². The Morgan fingerprint density at radius 3 is 2.46 bits per heavy atom. The van der Waals surface area contributed by atoms with E-state index in [1.807, 2.05) is 26.0 Å². The average Bonchev–Trinajstić information content (AvgIpc) is 3.02. The van der Waals surface area contributed by atoms with Crippen LogP contribution in [-0.4, -0.2) is 14.0 Å². The molecule has 0 aliphatic carbocycles. The van der Waals surface area contributed by atoms with Gasteiger partial charge in [0.1, 0.15) is 17.7 Å². The smallest absolute Gasteiger partial charge is 0.129 e. The van der Waals surface area contributed by atoms with Gasteiger partial charge in [-0.3, -0.25) is 0 Å². The summed E-state index contributed by atoms with van der Waals surface area (Å²) in [5, 5.41) is 8.71. The van der Waals surface area contributed by atoms with Crippen molar-refractivity contribution in [2.75, 3.05) is 5.32 Å². The Morgan fingerprint density at radius 2 is 1.79 bits per heavy atom. The molecular weight excluding hydrogens is 420 g/mol. The van der Waals surface area contributed by atoms with Gasteiger partial charge >= 0.3 is 0 Å². The molecule has 2 heterocycles. The summed E-state index contributed by atoms with van der Waals surface area (Å²) >= 11 is 12.3. The van der Waals surface area contributed by atoms with Gasteiger partial charge in [-0.1, -0.05) is 29.3 Å². The SMILES string of the molecule is CC1=C(S(=O)c2ccc(F)cc2)C(c2ccc(Cl)c(Cl)c2)n2nc(C)cc2N1. The van der Waals surface area contributed by atoms with Crippen molar-refractivity contribution in [2.24, 2.45) is 0 Å². The Bertz CT molecular complexity index is 1120. The van der Waals surface area contributed by atoms with E-state index in [1.165, 1.54) is 24.3 Å². The molecule has 1 aromatic heterocycles. The van der Waals surface area contributed by atoms with Gasteiger partial charge in [0.25, 0.3) is 0 Å². The molecule has 4 rings (SSSR count). The molecule has 0 saturated carbocycles. The lowest BCUT2D eigenvalue weighted by Gasteiger charge is -2.30. The number of benzene rings is 2. The third kappa shape index (κ3) is 3.36. The first-order valence-electron chi connectivity index (χ1n) is 8.51. The fraction of sp³-hybridized carbons (Fsp3) is 0.150. The summed E-state index contributed by atoms with van der Waals surface area (Å²) in [6.07, 6.45) is 0. The molecule has 0 fully saturated rings. The van der Waals surface area contributed by atoms with Gasteiger partial charge in [0.2, 0.25) is 0 Å². The molecule has 2 atom stereocenters. The number of rotatable bonds is 3. The number of nitrogens with zero attached hydrogens (tertiary/aromatic N) is 2. The zero-order valence-electron chi connectivity index (χ0n) is 15.0. The second-order valence-electron chi connectivity index (χ2n) is 6.53. The summed E-state index contributed by atoms with van der Waals surface area (Å²) < 4.78 is 28.6. The normalized spacial score (nSPS) is 17.2. The number of nitrogens with one attached hydrogen (secondary N) is 1. The van der Waals surface area contributed by atoms with E-state index < -0.39 is 16.8 Å². The van der Waals surface area contributed by atoms with E-state index in [4.69, 9.17) is 23.2 Å². The number of hydrogen-bond acceptors (Lipinski definition) is 3. The molecule has 2 unspecified atom stereocenters. The maximum absolute atomic E-state index is 13.5. The van der Waals surface area contributed by atoms with Crippen molar-refractivity contribution in [3.8, 4) is 0 Å². The van der Waals surface area contributed by atoms with Gasteiger partial charge in [0.15, 0.2) is 0 Å². The molecule has 1 aliphatic heterocycles. The summed E-state index contributed by atoms with van der Waals surface area (Å²) in [5.41, 5.74) is 2.39. The molecule has 0 amide bonds. The molecule has 4 nitrogen and oxygen atoms in total. The van der Waals surface area contributed by atoms with Gasteiger partial charge in [-0.25, -0.2) is 13.3 Å². The van der Waals surface area contributed by atoms with Crippen LogP contribution in [0.25, 0.3) is 0 Å². The first-order chi connectivity index (χ1) is 13.3. The predicted octanol–water partition coefficient (Wildman–Crippen LogP) is 5.69. The van der Waals surface area contributed by atoms with E-state index in [0.717, 1.165) is 22.8 Å². The Kier molecular flexibility index (Phi) is 5.04. The minimum Gasteiger partial charge on any atom is -0.343 e. The minimum atomic E-state index is -1.54. The fourth-order valence-corrected chi connectivity index (χ4v) is 4.99. The van der Waals surface area contributed by atoms with E-state index in [1.54, 1.807) is 16.8 Å². The van der Waals surface area contributed by atoms with E-state index in [0.29, 0.717) is 19.8 Å². The highest BCUT2D eigenvalue weighted by Gasteiger charge is 2.33. The lowest BCUT2D eigenvalue weighted by Crippen LogP contribution is -2.26. The van der Waals surface area contributed by atoms with Gasteiger partial charge in [-0.15, -0.1) is 0 Å². The molecule has 1 N–H and O–H groups in total. The summed E-state index contributed by atoms with van der Waals surface area (Å²) in [5.74, 6) is 0.421. The van der Waals surface area contributed by atoms with E-state index in [2.05, 4.69) is 10.4 Å². The average molecular weight is 436 g/mol. The largest absolute Gasteiger partial charge is 0.343 e. The fourth-order valence-electron chi connectivity index (χ4n) is 3.28. The highest BCUT2D eigenvalue weighted by atomic mass is 35.5. The van der Waals surface area contributed by atoms with Crippen molar-refractivity contribution in [1.29, 1.82) is 0 Å². The molecule has 0 spiro atoms. The monoisotopic (exact) mass is 435 g/mol. The van der Waals surface area contributed by atoms with Gasteiger partial charge < -0.3 is 5.32 Å². The van der Waals surface area contributed by atoms with E-state index in [9.17, 15) is 8.60 Å². The standard InChI is InChI=1S/C20H16Cl2FN3OS/c1-11-9-18-24-12(2)20(28(27)15-6-4-14(23)5-7-15)19(26(18)25-11)13-3-8-16(21)17(22)10-13/h3-10,19,24H,1-2H3. The van der Waals surface area contributed by atoms with Crippen LogP contribution in [0.4, 0.5) is 10.2 Å². The highest BCUT2D eigenvalue weighted by Crippen LogP contribution is 2.40. The molecule has 0 saturated heterocycles. The predicted molar refractivity (Wildman–Crippen MR) is 111 cm³/mol.